The van der Waals surface area contributed by atoms with Gasteiger partial charge in [0.25, 0.3) is 0 Å². The second-order valence-corrected chi connectivity index (χ2v) is 7.78. The summed E-state index contributed by atoms with van der Waals surface area (Å²) in [5, 5.41) is 11.0. The molecular formula is C18H24BrClN2O2. The number of nitrogens with zero attached hydrogens (tertiary/aromatic N) is 2. The number of carbonyl (C=O) groups excluding carboxylic acids is 1. The van der Waals surface area contributed by atoms with Gasteiger partial charge in [0.05, 0.1) is 0 Å². The van der Waals surface area contributed by atoms with Gasteiger partial charge in [-0.15, -0.1) is 0 Å². The molecule has 0 amide bonds. The number of carbonyl (C=O) groups is 1. The Bertz CT molecular complexity index is 608. The van der Waals surface area contributed by atoms with E-state index in [2.05, 4.69) is 22.1 Å². The van der Waals surface area contributed by atoms with Crippen molar-refractivity contribution in [3.8, 4) is 6.19 Å². The highest BCUT2D eigenvalue weighted by atomic mass is 79.9. The van der Waals surface area contributed by atoms with Crippen molar-refractivity contribution in [3.63, 3.8) is 0 Å². The van der Waals surface area contributed by atoms with Crippen molar-refractivity contribution in [1.82, 2.24) is 4.90 Å². The summed E-state index contributed by atoms with van der Waals surface area (Å²) in [6.45, 7) is 7.78. The van der Waals surface area contributed by atoms with Crippen molar-refractivity contribution >= 4 is 33.5 Å². The molecule has 132 valence electrons. The molecule has 0 saturated heterocycles. The third-order valence-corrected chi connectivity index (χ3v) is 4.43. The Kier molecular flexibility index (Phi) is 8.05. The Morgan fingerprint density at radius 2 is 2.08 bits per heavy atom. The van der Waals surface area contributed by atoms with E-state index in [0.29, 0.717) is 17.1 Å². The van der Waals surface area contributed by atoms with Crippen molar-refractivity contribution in [1.29, 1.82) is 5.26 Å². The van der Waals surface area contributed by atoms with E-state index in [0.717, 1.165) is 23.7 Å². The summed E-state index contributed by atoms with van der Waals surface area (Å²) in [4.78, 5) is 14.3. The standard InChI is InChI=1S/C18H24BrClN2O2/c1-13-14(8-7-9-15(13)20)16(17(23)24-18(2,3)4)22(12-21)11-6-5-10-19/h7-9,16H,5-6,10-11H2,1-4H3. The molecule has 0 aliphatic heterocycles. The van der Waals surface area contributed by atoms with Gasteiger partial charge >= 0.3 is 5.97 Å². The zero-order chi connectivity index (χ0) is 18.3. The predicted molar refractivity (Wildman–Crippen MR) is 100 cm³/mol. The van der Waals surface area contributed by atoms with Crippen LogP contribution in [0.15, 0.2) is 18.2 Å². The Balaban J connectivity index is 3.22. The van der Waals surface area contributed by atoms with E-state index in [-0.39, 0.29) is 0 Å². The van der Waals surface area contributed by atoms with Gasteiger partial charge in [0.15, 0.2) is 12.2 Å². The molecule has 0 fully saturated rings. The van der Waals surface area contributed by atoms with Gasteiger partial charge in [0.2, 0.25) is 0 Å². The quantitative estimate of drug-likeness (QED) is 0.207. The van der Waals surface area contributed by atoms with E-state index in [1.165, 1.54) is 4.90 Å². The van der Waals surface area contributed by atoms with Crippen molar-refractivity contribution in [2.45, 2.75) is 52.2 Å². The fraction of sp³-hybridized carbons (Fsp3) is 0.556. The van der Waals surface area contributed by atoms with Crippen LogP contribution in [0.3, 0.4) is 0 Å². The first kappa shape index (κ1) is 20.8. The number of nitriles is 1. The maximum absolute atomic E-state index is 12.8. The molecule has 0 radical (unpaired) electrons. The van der Waals surface area contributed by atoms with Gasteiger partial charge in [0.1, 0.15) is 5.60 Å². The van der Waals surface area contributed by atoms with Crippen molar-refractivity contribution < 1.29 is 9.53 Å². The summed E-state index contributed by atoms with van der Waals surface area (Å²) in [5.41, 5.74) is 0.867. The molecule has 6 heteroatoms. The highest BCUT2D eigenvalue weighted by Crippen LogP contribution is 2.30. The normalized spacial score (nSPS) is 12.4. The fourth-order valence-electron chi connectivity index (χ4n) is 2.31. The van der Waals surface area contributed by atoms with Crippen LogP contribution in [0.1, 0.15) is 50.8 Å². The average molecular weight is 416 g/mol. The van der Waals surface area contributed by atoms with Gasteiger partial charge in [0, 0.05) is 16.9 Å². The molecule has 0 aliphatic rings. The lowest BCUT2D eigenvalue weighted by molar-refractivity contribution is -0.160. The van der Waals surface area contributed by atoms with Crippen LogP contribution in [0.25, 0.3) is 0 Å². The first-order valence-electron chi connectivity index (χ1n) is 7.91. The van der Waals surface area contributed by atoms with Gasteiger partial charge in [-0.05, 0) is 57.7 Å². The van der Waals surface area contributed by atoms with Gasteiger partial charge in [-0.2, -0.15) is 5.26 Å². The number of benzene rings is 1. The van der Waals surface area contributed by atoms with E-state index in [1.807, 2.05) is 33.8 Å². The fourth-order valence-corrected chi connectivity index (χ4v) is 2.89. The molecule has 24 heavy (non-hydrogen) atoms. The van der Waals surface area contributed by atoms with E-state index in [9.17, 15) is 10.1 Å². The summed E-state index contributed by atoms with van der Waals surface area (Å²) in [6.07, 6.45) is 3.87. The highest BCUT2D eigenvalue weighted by molar-refractivity contribution is 9.09. The largest absolute Gasteiger partial charge is 0.458 e. The van der Waals surface area contributed by atoms with E-state index in [4.69, 9.17) is 16.3 Å². The Morgan fingerprint density at radius 1 is 1.42 bits per heavy atom. The van der Waals surface area contributed by atoms with Gasteiger partial charge in [-0.1, -0.05) is 39.7 Å². The predicted octanol–water partition coefficient (Wildman–Crippen LogP) is 4.99. The van der Waals surface area contributed by atoms with Gasteiger partial charge < -0.3 is 4.74 Å². The molecule has 0 bridgehead atoms. The minimum atomic E-state index is -0.789. The molecule has 0 N–H and O–H groups in total. The van der Waals surface area contributed by atoms with Crippen LogP contribution in [0.4, 0.5) is 0 Å². The number of unbranched alkanes of at least 4 members (excludes halogenated alkanes) is 1. The second-order valence-electron chi connectivity index (χ2n) is 6.58. The summed E-state index contributed by atoms with van der Waals surface area (Å²) >= 11 is 9.59. The highest BCUT2D eigenvalue weighted by Gasteiger charge is 2.33. The summed E-state index contributed by atoms with van der Waals surface area (Å²) in [6, 6.07) is 4.60. The van der Waals surface area contributed by atoms with Crippen LogP contribution in [0.5, 0.6) is 0 Å². The number of rotatable bonds is 7. The van der Waals surface area contributed by atoms with Crippen LogP contribution in [-0.2, 0) is 9.53 Å². The number of alkyl halides is 1. The molecule has 1 rings (SSSR count). The van der Waals surface area contributed by atoms with Crippen molar-refractivity contribution in [2.24, 2.45) is 0 Å². The van der Waals surface area contributed by atoms with Crippen LogP contribution < -0.4 is 0 Å². The van der Waals surface area contributed by atoms with Gasteiger partial charge in [-0.3, -0.25) is 4.90 Å². The van der Waals surface area contributed by atoms with Crippen molar-refractivity contribution in [2.75, 3.05) is 11.9 Å². The molecule has 1 atom stereocenters. The lowest BCUT2D eigenvalue weighted by Crippen LogP contribution is -2.37. The monoisotopic (exact) mass is 414 g/mol. The zero-order valence-corrected chi connectivity index (χ0v) is 16.9. The Morgan fingerprint density at radius 3 is 2.62 bits per heavy atom. The number of ether oxygens (including phenoxy) is 1. The SMILES string of the molecule is Cc1c(Cl)cccc1C(C(=O)OC(C)(C)C)N(C#N)CCCCBr. The van der Waals surface area contributed by atoms with Gasteiger partial charge in [-0.25, -0.2) is 4.79 Å². The molecule has 0 aliphatic carbocycles. The number of hydrogen-bond acceptors (Lipinski definition) is 4. The molecule has 1 unspecified atom stereocenters. The summed E-state index contributed by atoms with van der Waals surface area (Å²) in [5.74, 6) is -0.437. The zero-order valence-electron chi connectivity index (χ0n) is 14.6. The smallest absolute Gasteiger partial charge is 0.334 e. The summed E-state index contributed by atoms with van der Waals surface area (Å²) < 4.78 is 5.55. The van der Waals surface area contributed by atoms with Crippen LogP contribution in [0.2, 0.25) is 5.02 Å². The number of esters is 1. The number of hydrogen-bond donors (Lipinski definition) is 0. The molecule has 0 heterocycles. The maximum atomic E-state index is 12.8. The van der Waals surface area contributed by atoms with Crippen LogP contribution in [-0.4, -0.2) is 28.3 Å². The van der Waals surface area contributed by atoms with Crippen LogP contribution >= 0.6 is 27.5 Å². The van der Waals surface area contributed by atoms with E-state index in [1.54, 1.807) is 12.1 Å². The Labute approximate surface area is 157 Å². The molecule has 1 aromatic rings. The summed E-state index contributed by atoms with van der Waals surface area (Å²) in [7, 11) is 0. The molecule has 4 nitrogen and oxygen atoms in total. The number of halogens is 2. The minimum absolute atomic E-state index is 0.437. The molecule has 0 saturated carbocycles. The lowest BCUT2D eigenvalue weighted by Gasteiger charge is -2.30. The lowest BCUT2D eigenvalue weighted by atomic mass is 9.99. The molecule has 0 spiro atoms. The molecule has 1 aromatic carbocycles. The second kappa shape index (κ2) is 9.29. The minimum Gasteiger partial charge on any atom is -0.458 e. The van der Waals surface area contributed by atoms with E-state index < -0.39 is 17.6 Å². The van der Waals surface area contributed by atoms with Crippen molar-refractivity contribution in [3.05, 3.63) is 34.3 Å². The molecular weight excluding hydrogens is 392 g/mol. The topological polar surface area (TPSA) is 53.3 Å². The van der Waals surface area contributed by atoms with E-state index >= 15 is 0 Å². The van der Waals surface area contributed by atoms with Crippen LogP contribution in [0, 0.1) is 18.4 Å². The Hall–Kier alpha value is -1.25. The first-order chi connectivity index (χ1) is 11.2. The molecule has 0 aromatic heterocycles. The average Bonchev–Trinajstić information content (AvgIpc) is 2.48. The third-order valence-electron chi connectivity index (χ3n) is 3.46. The first-order valence-corrected chi connectivity index (χ1v) is 9.41. The maximum Gasteiger partial charge on any atom is 0.334 e. The third kappa shape index (κ3) is 5.99.